The molecule has 0 radical (unpaired) electrons. The van der Waals surface area contributed by atoms with Gasteiger partial charge in [-0.25, -0.2) is 0 Å². The zero-order valence-electron chi connectivity index (χ0n) is 12.8. The lowest BCUT2D eigenvalue weighted by molar-refractivity contribution is 0.518. The lowest BCUT2D eigenvalue weighted by atomic mass is 10.0. The van der Waals surface area contributed by atoms with Gasteiger partial charge in [0.15, 0.2) is 0 Å². The van der Waals surface area contributed by atoms with Gasteiger partial charge in [0.25, 0.3) is 0 Å². The van der Waals surface area contributed by atoms with Gasteiger partial charge in [0.05, 0.1) is 0 Å². The van der Waals surface area contributed by atoms with E-state index in [9.17, 15) is 0 Å². The predicted octanol–water partition coefficient (Wildman–Crippen LogP) is 2.36. The van der Waals surface area contributed by atoms with Crippen molar-refractivity contribution in [3.05, 3.63) is 0 Å². The summed E-state index contributed by atoms with van der Waals surface area (Å²) in [6.07, 6.45) is 6.76. The maximum Gasteiger partial charge on any atom is 0.231 e. The molecule has 1 aromatic rings. The largest absolute Gasteiger partial charge is 0.354 e. The first-order valence-electron chi connectivity index (χ1n) is 7.60. The summed E-state index contributed by atoms with van der Waals surface area (Å²) in [6.45, 7) is 3.78. The number of aromatic nitrogens is 3. The monoisotopic (exact) mass is 278 g/mol. The summed E-state index contributed by atoms with van der Waals surface area (Å²) in [5.74, 6) is 2.86. The molecule has 1 aliphatic carbocycles. The van der Waals surface area contributed by atoms with Crippen LogP contribution in [0.5, 0.6) is 0 Å². The van der Waals surface area contributed by atoms with Crippen molar-refractivity contribution in [1.29, 1.82) is 0 Å². The number of anilines is 3. The molecule has 0 atom stereocenters. The van der Waals surface area contributed by atoms with Crippen LogP contribution in [-0.4, -0.2) is 42.1 Å². The van der Waals surface area contributed by atoms with Gasteiger partial charge in [-0.2, -0.15) is 15.0 Å². The van der Waals surface area contributed by atoms with Crippen LogP contribution >= 0.6 is 0 Å². The summed E-state index contributed by atoms with van der Waals surface area (Å²) in [5, 5.41) is 6.48. The van der Waals surface area contributed by atoms with Crippen LogP contribution in [0.25, 0.3) is 0 Å². The Kier molecular flexibility index (Phi) is 5.38. The first-order chi connectivity index (χ1) is 9.69. The number of rotatable bonds is 7. The third-order valence-electron chi connectivity index (χ3n) is 3.67. The molecule has 0 spiro atoms. The van der Waals surface area contributed by atoms with Crippen molar-refractivity contribution < 1.29 is 0 Å². The fraction of sp³-hybridized carbons (Fsp3) is 0.786. The topological polar surface area (TPSA) is 66.0 Å². The Morgan fingerprint density at radius 1 is 1.05 bits per heavy atom. The van der Waals surface area contributed by atoms with Crippen LogP contribution in [0.15, 0.2) is 0 Å². The fourth-order valence-corrected chi connectivity index (χ4v) is 2.57. The summed E-state index contributed by atoms with van der Waals surface area (Å²) in [7, 11) is 3.88. The van der Waals surface area contributed by atoms with Crippen LogP contribution in [0.3, 0.4) is 0 Å². The van der Waals surface area contributed by atoms with E-state index in [4.69, 9.17) is 0 Å². The summed E-state index contributed by atoms with van der Waals surface area (Å²) >= 11 is 0. The minimum atomic E-state index is 0.634. The van der Waals surface area contributed by atoms with Crippen molar-refractivity contribution in [2.24, 2.45) is 5.92 Å². The Morgan fingerprint density at radius 3 is 2.30 bits per heavy atom. The summed E-state index contributed by atoms with van der Waals surface area (Å²) in [5.41, 5.74) is 0. The van der Waals surface area contributed by atoms with Crippen LogP contribution < -0.4 is 15.5 Å². The van der Waals surface area contributed by atoms with E-state index in [0.717, 1.165) is 19.0 Å². The Bertz CT molecular complexity index is 414. The van der Waals surface area contributed by atoms with Gasteiger partial charge in [-0.15, -0.1) is 0 Å². The Morgan fingerprint density at radius 2 is 1.70 bits per heavy atom. The van der Waals surface area contributed by atoms with E-state index in [2.05, 4.69) is 25.6 Å². The molecule has 1 aromatic heterocycles. The van der Waals surface area contributed by atoms with Crippen LogP contribution in [-0.2, 0) is 0 Å². The van der Waals surface area contributed by atoms with E-state index in [1.54, 1.807) is 0 Å². The summed E-state index contributed by atoms with van der Waals surface area (Å²) in [4.78, 5) is 15.1. The number of hydrogen-bond acceptors (Lipinski definition) is 6. The normalized spacial score (nSPS) is 15.3. The maximum absolute atomic E-state index is 4.43. The molecule has 6 nitrogen and oxygen atoms in total. The number of nitrogens with one attached hydrogen (secondary N) is 2. The lowest BCUT2D eigenvalue weighted by Gasteiger charge is -2.14. The van der Waals surface area contributed by atoms with Gasteiger partial charge in [0.2, 0.25) is 17.8 Å². The zero-order chi connectivity index (χ0) is 14.4. The van der Waals surface area contributed by atoms with Gasteiger partial charge in [0, 0.05) is 27.2 Å². The highest BCUT2D eigenvalue weighted by atomic mass is 15.3. The molecule has 1 saturated carbocycles. The molecule has 0 aromatic carbocycles. The van der Waals surface area contributed by atoms with Crippen molar-refractivity contribution in [3.63, 3.8) is 0 Å². The molecule has 1 aliphatic rings. The van der Waals surface area contributed by atoms with Crippen molar-refractivity contribution >= 4 is 17.8 Å². The third-order valence-corrected chi connectivity index (χ3v) is 3.67. The smallest absolute Gasteiger partial charge is 0.231 e. The molecule has 6 heteroatoms. The maximum atomic E-state index is 4.43. The molecular weight excluding hydrogens is 252 g/mol. The summed E-state index contributed by atoms with van der Waals surface area (Å²) in [6, 6.07) is 0. The molecular formula is C14H26N6. The minimum Gasteiger partial charge on any atom is -0.354 e. The third kappa shape index (κ3) is 4.21. The van der Waals surface area contributed by atoms with Gasteiger partial charge in [-0.3, -0.25) is 0 Å². The van der Waals surface area contributed by atoms with Crippen molar-refractivity contribution in [3.8, 4) is 0 Å². The quantitative estimate of drug-likeness (QED) is 0.798. The van der Waals surface area contributed by atoms with Gasteiger partial charge in [-0.05, 0) is 19.3 Å². The molecule has 0 aliphatic heterocycles. The fourth-order valence-electron chi connectivity index (χ4n) is 2.57. The highest BCUT2D eigenvalue weighted by Gasteiger charge is 2.14. The van der Waals surface area contributed by atoms with Crippen molar-refractivity contribution in [2.75, 3.05) is 42.7 Å². The summed E-state index contributed by atoms with van der Waals surface area (Å²) < 4.78 is 0. The van der Waals surface area contributed by atoms with E-state index in [-0.39, 0.29) is 0 Å². The average molecular weight is 278 g/mol. The van der Waals surface area contributed by atoms with Gasteiger partial charge < -0.3 is 15.5 Å². The SMILES string of the molecule is CCNc1nc(NCCC2CCCC2)nc(N(C)C)n1. The zero-order valence-corrected chi connectivity index (χ0v) is 12.8. The van der Waals surface area contributed by atoms with E-state index >= 15 is 0 Å². The Balaban J connectivity index is 1.94. The molecule has 2 N–H and O–H groups in total. The number of nitrogens with zero attached hydrogens (tertiary/aromatic N) is 4. The molecule has 2 rings (SSSR count). The van der Waals surface area contributed by atoms with Crippen LogP contribution in [0.2, 0.25) is 0 Å². The minimum absolute atomic E-state index is 0.634. The van der Waals surface area contributed by atoms with Crippen molar-refractivity contribution in [1.82, 2.24) is 15.0 Å². The van der Waals surface area contributed by atoms with Gasteiger partial charge >= 0.3 is 0 Å². The Labute approximate surface area is 121 Å². The van der Waals surface area contributed by atoms with E-state index in [1.165, 1.54) is 32.1 Å². The highest BCUT2D eigenvalue weighted by molar-refractivity contribution is 5.42. The van der Waals surface area contributed by atoms with Crippen LogP contribution in [0.4, 0.5) is 17.8 Å². The predicted molar refractivity (Wildman–Crippen MR) is 83.4 cm³/mol. The van der Waals surface area contributed by atoms with Gasteiger partial charge in [0.1, 0.15) is 0 Å². The second kappa shape index (κ2) is 7.26. The molecule has 20 heavy (non-hydrogen) atoms. The molecule has 1 heterocycles. The van der Waals surface area contributed by atoms with Crippen LogP contribution in [0.1, 0.15) is 39.0 Å². The first-order valence-corrected chi connectivity index (χ1v) is 7.60. The lowest BCUT2D eigenvalue weighted by Crippen LogP contribution is -2.18. The molecule has 0 unspecified atom stereocenters. The van der Waals surface area contributed by atoms with E-state index in [1.807, 2.05) is 25.9 Å². The molecule has 112 valence electrons. The average Bonchev–Trinajstić information content (AvgIpc) is 2.92. The second-order valence-electron chi connectivity index (χ2n) is 5.57. The highest BCUT2D eigenvalue weighted by Crippen LogP contribution is 2.27. The first kappa shape index (κ1) is 14.8. The Hall–Kier alpha value is -1.59. The molecule has 0 amide bonds. The van der Waals surface area contributed by atoms with Crippen molar-refractivity contribution in [2.45, 2.75) is 39.0 Å². The second-order valence-corrected chi connectivity index (χ2v) is 5.57. The standard InChI is InChI=1S/C14H26N6/c1-4-15-12-17-13(19-14(18-12)20(2)3)16-10-9-11-7-5-6-8-11/h11H,4-10H2,1-3H3,(H2,15,16,17,18,19). The number of hydrogen-bond donors (Lipinski definition) is 2. The molecule has 1 fully saturated rings. The van der Waals surface area contributed by atoms with Gasteiger partial charge in [-0.1, -0.05) is 25.7 Å². The molecule has 0 bridgehead atoms. The van der Waals surface area contributed by atoms with E-state index < -0.39 is 0 Å². The van der Waals surface area contributed by atoms with Crippen LogP contribution in [0, 0.1) is 5.92 Å². The molecule has 0 saturated heterocycles. The van der Waals surface area contributed by atoms with E-state index in [0.29, 0.717) is 17.8 Å².